The molecule has 0 spiro atoms. The Hall–Kier alpha value is -0.923. The smallest absolute Gasteiger partial charge is 0.334 e. The highest BCUT2D eigenvalue weighted by molar-refractivity contribution is 6.74. The van der Waals surface area contributed by atoms with Gasteiger partial charge in [-0.25, -0.2) is 9.59 Å². The third kappa shape index (κ3) is 9.91. The van der Waals surface area contributed by atoms with Gasteiger partial charge in [-0.15, -0.1) is 0 Å². The first kappa shape index (κ1) is 26.0. The Balaban J connectivity index is -0.000000385. The van der Waals surface area contributed by atoms with Gasteiger partial charge in [0, 0.05) is 0 Å². The maximum absolute atomic E-state index is 11.2. The standard InChI is InChI=1S/C10H22O3Si.C4H8O3.CH4/c1-8(9(11)12-5)13-14(6,7)10(2,3)4;1-3(5)4(6)7-2;/h8H,1-7H3;3,5H,1-2H3;1H4/t8-;3-;/m11./s1. The Bertz CT molecular complexity index is 333. The second kappa shape index (κ2) is 10.7. The van der Waals surface area contributed by atoms with Crippen LogP contribution in [0.15, 0.2) is 0 Å². The van der Waals surface area contributed by atoms with Gasteiger partial charge < -0.3 is 19.0 Å². The van der Waals surface area contributed by atoms with E-state index >= 15 is 0 Å². The summed E-state index contributed by atoms with van der Waals surface area (Å²) < 4.78 is 14.6. The van der Waals surface area contributed by atoms with E-state index in [1.165, 1.54) is 21.1 Å². The summed E-state index contributed by atoms with van der Waals surface area (Å²) in [5, 5.41) is 8.47. The normalized spacial score (nSPS) is 13.7. The first-order valence-corrected chi connectivity index (χ1v) is 9.72. The molecule has 0 unspecified atom stereocenters. The molecule has 0 rings (SSSR count). The predicted molar refractivity (Wildman–Crippen MR) is 90.2 cm³/mol. The minimum atomic E-state index is -1.85. The average Bonchev–Trinajstić information content (AvgIpc) is 2.35. The minimum absolute atomic E-state index is 0. The van der Waals surface area contributed by atoms with Gasteiger partial charge in [-0.2, -0.15) is 0 Å². The Morgan fingerprint density at radius 3 is 1.55 bits per heavy atom. The molecule has 2 atom stereocenters. The van der Waals surface area contributed by atoms with E-state index in [0.717, 1.165) is 0 Å². The number of methoxy groups -OCH3 is 2. The molecule has 0 saturated heterocycles. The van der Waals surface area contributed by atoms with Gasteiger partial charge in [0.05, 0.1) is 14.2 Å². The molecular weight excluding hydrogens is 304 g/mol. The first-order chi connectivity index (χ1) is 9.30. The number of ether oxygens (including phenoxy) is 2. The van der Waals surface area contributed by atoms with Crippen molar-refractivity contribution in [3.05, 3.63) is 0 Å². The summed E-state index contributed by atoms with van der Waals surface area (Å²) in [4.78, 5) is 21.2. The predicted octanol–water partition coefficient (Wildman–Crippen LogP) is 2.75. The molecule has 0 aliphatic heterocycles. The molecule has 0 aromatic carbocycles. The summed E-state index contributed by atoms with van der Waals surface area (Å²) in [5.41, 5.74) is 0. The van der Waals surface area contributed by atoms with E-state index in [0.29, 0.717) is 0 Å². The molecule has 1 N–H and O–H groups in total. The van der Waals surface area contributed by atoms with E-state index in [9.17, 15) is 9.59 Å². The third-order valence-electron chi connectivity index (χ3n) is 3.35. The van der Waals surface area contributed by atoms with Gasteiger partial charge >= 0.3 is 11.9 Å². The van der Waals surface area contributed by atoms with E-state index in [2.05, 4.69) is 43.3 Å². The number of esters is 2. The maximum Gasteiger partial charge on any atom is 0.334 e. The Morgan fingerprint density at radius 1 is 1.00 bits per heavy atom. The first-order valence-electron chi connectivity index (χ1n) is 6.81. The molecule has 134 valence electrons. The Labute approximate surface area is 136 Å². The highest BCUT2D eigenvalue weighted by atomic mass is 28.4. The Morgan fingerprint density at radius 2 is 1.36 bits per heavy atom. The molecule has 0 aliphatic rings. The zero-order valence-electron chi connectivity index (χ0n) is 14.6. The zero-order valence-corrected chi connectivity index (χ0v) is 15.6. The van der Waals surface area contributed by atoms with Crippen LogP contribution in [0.4, 0.5) is 0 Å². The van der Waals surface area contributed by atoms with Gasteiger partial charge in [0.2, 0.25) is 0 Å². The van der Waals surface area contributed by atoms with Crippen LogP contribution in [0.1, 0.15) is 42.0 Å². The van der Waals surface area contributed by atoms with Crippen LogP contribution in [0.25, 0.3) is 0 Å². The molecule has 0 heterocycles. The van der Waals surface area contributed by atoms with Crippen molar-refractivity contribution in [2.75, 3.05) is 14.2 Å². The van der Waals surface area contributed by atoms with E-state index in [4.69, 9.17) is 9.53 Å². The molecular formula is C15H34O6Si. The fraction of sp³-hybridized carbons (Fsp3) is 0.867. The van der Waals surface area contributed by atoms with Crippen LogP contribution in [0, 0.1) is 0 Å². The molecule has 22 heavy (non-hydrogen) atoms. The molecule has 0 aromatic rings. The van der Waals surface area contributed by atoms with Crippen LogP contribution >= 0.6 is 0 Å². The molecule has 0 saturated carbocycles. The maximum atomic E-state index is 11.2. The minimum Gasteiger partial charge on any atom is -0.467 e. The monoisotopic (exact) mass is 338 g/mol. The number of carbonyl (C=O) groups is 2. The molecule has 6 nitrogen and oxygen atoms in total. The van der Waals surface area contributed by atoms with Crippen molar-refractivity contribution in [3.8, 4) is 0 Å². The average molecular weight is 339 g/mol. The number of hydrogen-bond donors (Lipinski definition) is 1. The number of hydrogen-bond acceptors (Lipinski definition) is 6. The number of aliphatic hydroxyl groups is 1. The lowest BCUT2D eigenvalue weighted by Crippen LogP contribution is -2.45. The van der Waals surface area contributed by atoms with Crippen LogP contribution in [-0.2, 0) is 23.5 Å². The van der Waals surface area contributed by atoms with Crippen molar-refractivity contribution in [3.63, 3.8) is 0 Å². The molecule has 0 radical (unpaired) electrons. The highest BCUT2D eigenvalue weighted by Crippen LogP contribution is 2.37. The summed E-state index contributed by atoms with van der Waals surface area (Å²) >= 11 is 0. The summed E-state index contributed by atoms with van der Waals surface area (Å²) in [5.74, 6) is -0.894. The van der Waals surface area contributed by atoms with Crippen LogP contribution in [0.2, 0.25) is 18.1 Å². The fourth-order valence-corrected chi connectivity index (χ4v) is 2.34. The summed E-state index contributed by atoms with van der Waals surface area (Å²) in [7, 11) is 0.766. The van der Waals surface area contributed by atoms with Crippen molar-refractivity contribution >= 4 is 20.3 Å². The molecule has 0 aliphatic carbocycles. The number of rotatable bonds is 4. The molecule has 0 fully saturated rings. The van der Waals surface area contributed by atoms with E-state index < -0.39 is 26.5 Å². The van der Waals surface area contributed by atoms with Gasteiger partial charge in [-0.05, 0) is 32.0 Å². The van der Waals surface area contributed by atoms with Crippen molar-refractivity contribution in [2.24, 2.45) is 0 Å². The van der Waals surface area contributed by atoms with Crippen molar-refractivity contribution in [1.29, 1.82) is 0 Å². The molecule has 7 heteroatoms. The summed E-state index contributed by atoms with van der Waals surface area (Å²) in [6.45, 7) is 13.8. The zero-order chi connectivity index (χ0) is 17.4. The van der Waals surface area contributed by atoms with Crippen molar-refractivity contribution in [1.82, 2.24) is 0 Å². The van der Waals surface area contributed by atoms with Gasteiger partial charge in [0.15, 0.2) is 8.32 Å². The van der Waals surface area contributed by atoms with Crippen molar-refractivity contribution < 1.29 is 28.6 Å². The summed E-state index contributed by atoms with van der Waals surface area (Å²) in [6, 6.07) is 0. The number of carbonyl (C=O) groups excluding carboxylic acids is 2. The second-order valence-corrected chi connectivity index (χ2v) is 11.0. The van der Waals surface area contributed by atoms with Crippen molar-refractivity contribution in [2.45, 2.75) is 72.4 Å². The quantitative estimate of drug-likeness (QED) is 0.627. The largest absolute Gasteiger partial charge is 0.467 e. The Kier molecular flexibility index (Phi) is 12.7. The SMILES string of the molecule is C.COC(=O)[C@@H](C)O.COC(=O)[C@@H](C)O[Si](C)(C)C(C)(C)C. The summed E-state index contributed by atoms with van der Waals surface area (Å²) in [6.07, 6.45) is -1.45. The number of aliphatic hydroxyl groups excluding tert-OH is 1. The molecule has 0 amide bonds. The van der Waals surface area contributed by atoms with Gasteiger partial charge in [-0.3, -0.25) is 0 Å². The molecule has 0 bridgehead atoms. The van der Waals surface area contributed by atoms with E-state index in [1.807, 2.05) is 0 Å². The van der Waals surface area contributed by atoms with E-state index in [1.54, 1.807) is 6.92 Å². The van der Waals surface area contributed by atoms with Crippen LogP contribution < -0.4 is 0 Å². The van der Waals surface area contributed by atoms with Crippen LogP contribution in [-0.4, -0.2) is 51.8 Å². The van der Waals surface area contributed by atoms with Crippen LogP contribution in [0.5, 0.6) is 0 Å². The van der Waals surface area contributed by atoms with Crippen LogP contribution in [0.3, 0.4) is 0 Å². The topological polar surface area (TPSA) is 82.1 Å². The van der Waals surface area contributed by atoms with E-state index in [-0.39, 0.29) is 18.4 Å². The second-order valence-electron chi connectivity index (χ2n) is 6.24. The lowest BCUT2D eigenvalue weighted by molar-refractivity contribution is -0.149. The lowest BCUT2D eigenvalue weighted by Gasteiger charge is -2.37. The fourth-order valence-electron chi connectivity index (χ4n) is 1.00. The molecule has 0 aromatic heterocycles. The van der Waals surface area contributed by atoms with Gasteiger partial charge in [0.1, 0.15) is 12.2 Å². The highest BCUT2D eigenvalue weighted by Gasteiger charge is 2.39. The lowest BCUT2D eigenvalue weighted by atomic mass is 10.2. The van der Waals surface area contributed by atoms with Gasteiger partial charge in [0.25, 0.3) is 0 Å². The third-order valence-corrected chi connectivity index (χ3v) is 7.91. The van der Waals surface area contributed by atoms with Gasteiger partial charge in [-0.1, -0.05) is 28.2 Å².